The van der Waals surface area contributed by atoms with Gasteiger partial charge >= 0.3 is 29.2 Å². The van der Waals surface area contributed by atoms with Crippen LogP contribution in [0.5, 0.6) is 5.75 Å². The minimum absolute atomic E-state index is 0.306. The van der Waals surface area contributed by atoms with Crippen molar-refractivity contribution in [1.82, 2.24) is 9.55 Å². The number of nitrogens with one attached hydrogen (secondary N) is 1. The minimum Gasteiger partial charge on any atom is -0.508 e. The number of phosphoric acid groups is 3. The molecule has 3 rings (SSSR count). The molecule has 0 amide bonds. The van der Waals surface area contributed by atoms with Crippen molar-refractivity contribution in [3.05, 3.63) is 62.9 Å². The highest BCUT2D eigenvalue weighted by Gasteiger charge is 2.43. The first kappa shape index (κ1) is 42.0. The maximum Gasteiger partial charge on any atom is 0.466 e. The Morgan fingerprint density at radius 1 is 0.810 bits per heavy atom. The molecule has 0 radical (unpaired) electrons. The number of benzene rings is 1. The summed E-state index contributed by atoms with van der Waals surface area (Å²) in [6, 6.07) is 8.19. The van der Waals surface area contributed by atoms with Crippen molar-refractivity contribution < 1.29 is 82.9 Å². The highest BCUT2D eigenvalue weighted by Crippen LogP contribution is 2.28. The van der Waals surface area contributed by atoms with Crippen molar-refractivity contribution in [3.8, 4) is 5.75 Å². The molecule has 1 aromatic heterocycles. The smallest absolute Gasteiger partial charge is 0.466 e. The highest BCUT2D eigenvalue weighted by atomic mass is 31.2. The zero-order valence-electron chi connectivity index (χ0n) is 21.0. The van der Waals surface area contributed by atoms with Crippen LogP contribution in [-0.4, -0.2) is 105 Å². The lowest BCUT2D eigenvalue weighted by molar-refractivity contribution is -0.0550. The number of hydrogen-bond acceptors (Lipinski definition) is 11. The zero-order chi connectivity index (χ0) is 33.5. The number of phenolic OH excluding ortho intramolecular Hbond substituents is 1. The standard InChI is InChI=1S/C9H12N2O6.C8H11NO.3H3O4P/c12-3-4-6(14)7(15)8(17-4)11-2-1-5(13)10-9(11)16;9-6-5-7-1-3-8(10)4-2-7;3*1-5(2,3)4/h1-2,4,6-8,12,14-15H,3H2,(H,10,13,16);1-4,10H,5-6,9H2;3*(H3,1,2,3,4)/t4-,6-,7-,8-;;;;/m1..../s1. The summed E-state index contributed by atoms with van der Waals surface area (Å²) in [5, 5.41) is 37.0. The van der Waals surface area contributed by atoms with E-state index in [1.54, 1.807) is 12.1 Å². The Morgan fingerprint density at radius 2 is 1.24 bits per heavy atom. The number of rotatable bonds is 4. The summed E-state index contributed by atoms with van der Waals surface area (Å²) in [5.41, 5.74) is 5.17. The lowest BCUT2D eigenvalue weighted by atomic mass is 10.1. The lowest BCUT2D eigenvalue weighted by Gasteiger charge is -2.16. The first-order chi connectivity index (χ1) is 18.9. The number of aromatic amines is 1. The average molecular weight is 675 g/mol. The van der Waals surface area contributed by atoms with E-state index in [1.165, 1.54) is 5.56 Å². The van der Waals surface area contributed by atoms with E-state index in [0.717, 1.165) is 23.3 Å². The Hall–Kier alpha value is -2.17. The topological polar surface area (TPSA) is 404 Å². The van der Waals surface area contributed by atoms with Gasteiger partial charge in [-0.1, -0.05) is 12.1 Å². The van der Waals surface area contributed by atoms with Gasteiger partial charge < -0.3 is 74.9 Å². The molecule has 244 valence electrons. The highest BCUT2D eigenvalue weighted by molar-refractivity contribution is 7.45. The van der Waals surface area contributed by atoms with Crippen LogP contribution in [0.25, 0.3) is 0 Å². The molecule has 0 aliphatic carbocycles. The normalized spacial score (nSPS) is 19.8. The first-order valence-electron chi connectivity index (χ1n) is 10.6. The fourth-order valence-corrected chi connectivity index (χ4v) is 2.57. The Bertz CT molecular complexity index is 1230. The largest absolute Gasteiger partial charge is 0.508 e. The number of H-pyrrole nitrogens is 1. The summed E-state index contributed by atoms with van der Waals surface area (Å²) < 4.78 is 32.7. The van der Waals surface area contributed by atoms with Crippen LogP contribution in [-0.2, 0) is 24.9 Å². The monoisotopic (exact) mass is 675 g/mol. The third-order valence-corrected chi connectivity index (χ3v) is 4.01. The molecule has 16 N–H and O–H groups in total. The van der Waals surface area contributed by atoms with Gasteiger partial charge in [-0.05, 0) is 30.7 Å². The predicted molar refractivity (Wildman–Crippen MR) is 138 cm³/mol. The van der Waals surface area contributed by atoms with E-state index in [9.17, 15) is 19.8 Å². The molecule has 0 saturated carbocycles. The van der Waals surface area contributed by atoms with Crippen LogP contribution in [0.4, 0.5) is 0 Å². The van der Waals surface area contributed by atoms with E-state index in [1.807, 2.05) is 17.1 Å². The van der Waals surface area contributed by atoms with Gasteiger partial charge in [-0.3, -0.25) is 14.3 Å². The summed E-state index contributed by atoms with van der Waals surface area (Å²) in [6.45, 7) is 0.178. The third-order valence-electron chi connectivity index (χ3n) is 4.01. The van der Waals surface area contributed by atoms with Crippen molar-refractivity contribution in [2.75, 3.05) is 13.2 Å². The Balaban J connectivity index is 0. The number of nitrogens with zero attached hydrogens (tertiary/aromatic N) is 1. The van der Waals surface area contributed by atoms with Gasteiger partial charge in [0, 0.05) is 12.3 Å². The second-order valence-electron chi connectivity index (χ2n) is 7.49. The Labute approximate surface area is 234 Å². The summed E-state index contributed by atoms with van der Waals surface area (Å²) in [4.78, 5) is 89.0. The first-order valence-corrected chi connectivity index (χ1v) is 15.3. The molecular weight excluding hydrogens is 643 g/mol. The van der Waals surface area contributed by atoms with E-state index in [-0.39, 0.29) is 0 Å². The van der Waals surface area contributed by atoms with E-state index in [0.29, 0.717) is 12.3 Å². The summed E-state index contributed by atoms with van der Waals surface area (Å²) >= 11 is 0. The average Bonchev–Trinajstić information content (AvgIpc) is 3.06. The van der Waals surface area contributed by atoms with Gasteiger partial charge in [-0.25, -0.2) is 18.5 Å². The second-order valence-corrected chi connectivity index (χ2v) is 10.6. The van der Waals surface area contributed by atoms with Crippen LogP contribution in [0.2, 0.25) is 0 Å². The summed E-state index contributed by atoms with van der Waals surface area (Å²) in [5.74, 6) is 0.306. The molecule has 42 heavy (non-hydrogen) atoms. The number of aliphatic hydroxyl groups excluding tert-OH is 3. The summed E-state index contributed by atoms with van der Waals surface area (Å²) in [7, 11) is -13.9. The van der Waals surface area contributed by atoms with Gasteiger partial charge in [-0.15, -0.1) is 0 Å². The van der Waals surface area contributed by atoms with Gasteiger partial charge in [0.15, 0.2) is 6.23 Å². The fraction of sp³-hybridized carbons (Fsp3) is 0.412. The molecule has 0 unspecified atom stereocenters. The SMILES string of the molecule is NCCc1ccc(O)cc1.O=P(O)(O)O.O=P(O)(O)O.O=P(O)(O)O.O=c1ccn([C@@H]2O[C@H](CO)[C@@H](O)[C@H]2O)c(=O)[nH]1. The van der Waals surface area contributed by atoms with Crippen LogP contribution in [0.15, 0.2) is 46.1 Å². The van der Waals surface area contributed by atoms with Crippen molar-refractivity contribution in [3.63, 3.8) is 0 Å². The molecular formula is C17H32N3O19P3. The molecule has 0 spiro atoms. The Kier molecular flexibility index (Phi) is 19.2. The summed E-state index contributed by atoms with van der Waals surface area (Å²) in [6.07, 6.45) is -2.71. The number of phenols is 1. The quantitative estimate of drug-likeness (QED) is 0.135. The van der Waals surface area contributed by atoms with E-state index in [2.05, 4.69) is 0 Å². The second kappa shape index (κ2) is 19.2. The maximum atomic E-state index is 11.4. The van der Waals surface area contributed by atoms with Gasteiger partial charge in [0.1, 0.15) is 24.1 Å². The minimum atomic E-state index is -4.64. The molecule has 1 aliphatic heterocycles. The Morgan fingerprint density at radius 3 is 1.57 bits per heavy atom. The van der Waals surface area contributed by atoms with E-state index >= 15 is 0 Å². The van der Waals surface area contributed by atoms with Crippen molar-refractivity contribution in [1.29, 1.82) is 0 Å². The zero-order valence-corrected chi connectivity index (χ0v) is 23.7. The van der Waals surface area contributed by atoms with Gasteiger partial charge in [0.05, 0.1) is 6.61 Å². The molecule has 22 nitrogen and oxygen atoms in total. The third kappa shape index (κ3) is 24.4. The van der Waals surface area contributed by atoms with Crippen LogP contribution in [0.3, 0.4) is 0 Å². The predicted octanol–water partition coefficient (Wildman–Crippen LogP) is -4.74. The molecule has 0 bridgehead atoms. The molecule has 1 fully saturated rings. The number of aromatic hydroxyl groups is 1. The molecule has 1 aromatic carbocycles. The van der Waals surface area contributed by atoms with Crippen molar-refractivity contribution in [2.24, 2.45) is 5.73 Å². The van der Waals surface area contributed by atoms with Crippen LogP contribution < -0.4 is 17.0 Å². The molecule has 2 heterocycles. The van der Waals surface area contributed by atoms with Gasteiger partial charge in [0.2, 0.25) is 0 Å². The van der Waals surface area contributed by atoms with Crippen molar-refractivity contribution >= 4 is 23.5 Å². The lowest BCUT2D eigenvalue weighted by Crippen LogP contribution is -2.37. The van der Waals surface area contributed by atoms with Crippen LogP contribution in [0, 0.1) is 0 Å². The van der Waals surface area contributed by atoms with Crippen LogP contribution in [0.1, 0.15) is 11.8 Å². The molecule has 4 atom stereocenters. The molecule has 1 saturated heterocycles. The number of nitrogens with two attached hydrogens (primary N) is 1. The van der Waals surface area contributed by atoms with Crippen LogP contribution >= 0.6 is 23.5 Å². The number of aliphatic hydroxyl groups is 3. The number of aromatic nitrogens is 2. The van der Waals surface area contributed by atoms with E-state index in [4.69, 9.17) is 78.4 Å². The van der Waals surface area contributed by atoms with Gasteiger partial charge in [-0.2, -0.15) is 0 Å². The number of hydrogen-bond donors (Lipinski definition) is 15. The number of ether oxygens (including phenoxy) is 1. The van der Waals surface area contributed by atoms with E-state index < -0.39 is 65.9 Å². The van der Waals surface area contributed by atoms with Gasteiger partial charge in [0.25, 0.3) is 5.56 Å². The van der Waals surface area contributed by atoms with Crippen molar-refractivity contribution in [2.45, 2.75) is 31.0 Å². The molecule has 2 aromatic rings. The molecule has 25 heteroatoms. The molecule has 1 aliphatic rings. The maximum absolute atomic E-state index is 11.4. The fourth-order valence-electron chi connectivity index (χ4n) is 2.57.